The van der Waals surface area contributed by atoms with Gasteiger partial charge in [-0.1, -0.05) is 42.5 Å². The molecule has 1 aromatic heterocycles. The number of rotatable bonds is 6. The van der Waals surface area contributed by atoms with Gasteiger partial charge in [0.2, 0.25) is 5.91 Å². The summed E-state index contributed by atoms with van der Waals surface area (Å²) >= 11 is 1.14. The lowest BCUT2D eigenvalue weighted by atomic mass is 10.1. The van der Waals surface area contributed by atoms with Crippen LogP contribution in [0.5, 0.6) is 0 Å². The van der Waals surface area contributed by atoms with Crippen LogP contribution in [0.15, 0.2) is 54.6 Å². The number of hydrogen-bond acceptors (Lipinski definition) is 7. The number of amides is 3. The first-order valence-electron chi connectivity index (χ1n) is 9.35. The molecule has 0 saturated heterocycles. The molecule has 2 aromatic carbocycles. The maximum Gasteiger partial charge on any atom is 0.310 e. The van der Waals surface area contributed by atoms with Gasteiger partial charge in [0.15, 0.2) is 5.13 Å². The number of fused-ring (bicyclic) bond motifs is 1. The first-order chi connectivity index (χ1) is 15.0. The van der Waals surface area contributed by atoms with Crippen LogP contribution in [0.4, 0.5) is 5.13 Å². The summed E-state index contributed by atoms with van der Waals surface area (Å²) in [6, 6.07) is 15.7. The first kappa shape index (κ1) is 20.4. The van der Waals surface area contributed by atoms with Crippen molar-refractivity contribution in [1.29, 1.82) is 0 Å². The average Bonchev–Trinajstić information content (AvgIpc) is 3.28. The van der Waals surface area contributed by atoms with Gasteiger partial charge in [0.05, 0.1) is 30.4 Å². The van der Waals surface area contributed by atoms with E-state index in [9.17, 15) is 19.2 Å². The molecule has 0 aliphatic carbocycles. The summed E-state index contributed by atoms with van der Waals surface area (Å²) in [5.74, 6) is -2.00. The molecule has 0 unspecified atom stereocenters. The molecule has 0 saturated carbocycles. The highest BCUT2D eigenvalue weighted by Crippen LogP contribution is 2.32. The van der Waals surface area contributed by atoms with Crippen LogP contribution in [0.2, 0.25) is 0 Å². The minimum Gasteiger partial charge on any atom is -0.469 e. The van der Waals surface area contributed by atoms with Crippen LogP contribution in [0, 0.1) is 0 Å². The zero-order valence-corrected chi connectivity index (χ0v) is 17.3. The highest BCUT2D eigenvalue weighted by atomic mass is 32.1. The van der Waals surface area contributed by atoms with Gasteiger partial charge < -0.3 is 10.1 Å². The Morgan fingerprint density at radius 3 is 2.23 bits per heavy atom. The molecular weight excluding hydrogens is 418 g/mol. The number of ether oxygens (including phenoxy) is 1. The minimum atomic E-state index is -0.563. The second-order valence-electron chi connectivity index (χ2n) is 6.70. The molecule has 3 amide bonds. The Hall–Kier alpha value is -3.85. The maximum absolute atomic E-state index is 12.6. The van der Waals surface area contributed by atoms with Crippen molar-refractivity contribution in [3.05, 3.63) is 70.6 Å². The number of nitrogens with one attached hydrogen (secondary N) is 1. The van der Waals surface area contributed by atoms with Crippen molar-refractivity contribution in [1.82, 2.24) is 9.88 Å². The van der Waals surface area contributed by atoms with Crippen LogP contribution < -0.4 is 5.32 Å². The monoisotopic (exact) mass is 435 g/mol. The number of carbonyl (C=O) groups excluding carboxylic acids is 4. The number of methoxy groups -OCH3 is 1. The number of hydrogen-bond donors (Lipinski definition) is 1. The Morgan fingerprint density at radius 2 is 1.61 bits per heavy atom. The Labute approximate surface area is 181 Å². The number of aromatic nitrogens is 1. The van der Waals surface area contributed by atoms with E-state index >= 15 is 0 Å². The van der Waals surface area contributed by atoms with E-state index in [-0.39, 0.29) is 22.7 Å². The maximum atomic E-state index is 12.6. The largest absolute Gasteiger partial charge is 0.469 e. The highest BCUT2D eigenvalue weighted by molar-refractivity contribution is 7.16. The second kappa shape index (κ2) is 8.49. The first-order valence-corrected chi connectivity index (χ1v) is 10.2. The molecule has 0 bridgehead atoms. The third-order valence-electron chi connectivity index (χ3n) is 4.70. The van der Waals surface area contributed by atoms with Crippen LogP contribution in [0.1, 0.15) is 25.6 Å². The van der Waals surface area contributed by atoms with Crippen LogP contribution in [-0.2, 0) is 20.7 Å². The molecule has 0 spiro atoms. The quantitative estimate of drug-likeness (QED) is 0.471. The third kappa shape index (κ3) is 4.08. The molecule has 0 radical (unpaired) electrons. The SMILES string of the molecule is COC(=O)Cc1sc(NC(=O)CN2C(=O)c3ccccc3C2=O)nc1-c1ccccc1. The van der Waals surface area contributed by atoms with E-state index in [0.29, 0.717) is 10.6 Å². The summed E-state index contributed by atoms with van der Waals surface area (Å²) in [6.07, 6.45) is 0.00662. The molecule has 2 heterocycles. The van der Waals surface area contributed by atoms with Gasteiger partial charge in [-0.15, -0.1) is 11.3 Å². The molecule has 3 aromatic rings. The molecule has 156 valence electrons. The lowest BCUT2D eigenvalue weighted by Crippen LogP contribution is -2.37. The Morgan fingerprint density at radius 1 is 1.00 bits per heavy atom. The average molecular weight is 435 g/mol. The zero-order chi connectivity index (χ0) is 22.0. The lowest BCUT2D eigenvalue weighted by molar-refractivity contribution is -0.139. The third-order valence-corrected chi connectivity index (χ3v) is 5.67. The second-order valence-corrected chi connectivity index (χ2v) is 7.78. The lowest BCUT2D eigenvalue weighted by Gasteiger charge is -2.12. The molecule has 1 N–H and O–H groups in total. The van der Waals surface area contributed by atoms with Crippen molar-refractivity contribution in [2.75, 3.05) is 19.0 Å². The van der Waals surface area contributed by atoms with Crippen LogP contribution in [0.3, 0.4) is 0 Å². The van der Waals surface area contributed by atoms with E-state index in [2.05, 4.69) is 10.3 Å². The Balaban J connectivity index is 1.53. The van der Waals surface area contributed by atoms with Crippen LogP contribution in [-0.4, -0.2) is 47.2 Å². The van der Waals surface area contributed by atoms with Crippen molar-refractivity contribution in [3.63, 3.8) is 0 Å². The molecule has 1 aliphatic heterocycles. The minimum absolute atomic E-state index is 0.00662. The normalized spacial score (nSPS) is 12.6. The van der Waals surface area contributed by atoms with E-state index in [0.717, 1.165) is 21.8 Å². The summed E-state index contributed by atoms with van der Waals surface area (Å²) in [5.41, 5.74) is 1.91. The fraction of sp³-hybridized carbons (Fsp3) is 0.136. The topological polar surface area (TPSA) is 106 Å². The molecule has 8 nitrogen and oxygen atoms in total. The van der Waals surface area contributed by atoms with E-state index in [1.807, 2.05) is 30.3 Å². The number of anilines is 1. The van der Waals surface area contributed by atoms with Gasteiger partial charge in [-0.3, -0.25) is 24.1 Å². The molecule has 0 atom stereocenters. The zero-order valence-electron chi connectivity index (χ0n) is 16.5. The molecular formula is C22H17N3O5S. The smallest absolute Gasteiger partial charge is 0.310 e. The van der Waals surface area contributed by atoms with Crippen LogP contribution in [0.25, 0.3) is 11.3 Å². The van der Waals surface area contributed by atoms with E-state index in [1.54, 1.807) is 24.3 Å². The number of nitrogens with zero attached hydrogens (tertiary/aromatic N) is 2. The van der Waals surface area contributed by atoms with E-state index < -0.39 is 30.2 Å². The summed E-state index contributed by atoms with van der Waals surface area (Å²) in [4.78, 5) is 55.3. The van der Waals surface area contributed by atoms with Gasteiger partial charge in [0.1, 0.15) is 6.54 Å². The fourth-order valence-corrected chi connectivity index (χ4v) is 4.22. The van der Waals surface area contributed by atoms with Crippen molar-refractivity contribution in [2.45, 2.75) is 6.42 Å². The predicted molar refractivity (Wildman–Crippen MR) is 114 cm³/mol. The number of thiazole rings is 1. The van der Waals surface area contributed by atoms with Crippen LogP contribution >= 0.6 is 11.3 Å². The molecule has 1 aliphatic rings. The summed E-state index contributed by atoms with van der Waals surface area (Å²) in [5, 5.41) is 2.89. The van der Waals surface area contributed by atoms with Crippen molar-refractivity contribution in [2.24, 2.45) is 0 Å². The van der Waals surface area contributed by atoms with E-state index in [4.69, 9.17) is 4.74 Å². The summed E-state index contributed by atoms with van der Waals surface area (Å²) in [7, 11) is 1.30. The molecule has 0 fully saturated rings. The van der Waals surface area contributed by atoms with Crippen molar-refractivity contribution >= 4 is 40.2 Å². The Bertz CT molecular complexity index is 1150. The number of esters is 1. The van der Waals surface area contributed by atoms with Gasteiger partial charge in [-0.05, 0) is 12.1 Å². The van der Waals surface area contributed by atoms with Gasteiger partial charge in [-0.2, -0.15) is 0 Å². The molecule has 9 heteroatoms. The van der Waals surface area contributed by atoms with Gasteiger partial charge in [0.25, 0.3) is 11.8 Å². The van der Waals surface area contributed by atoms with Crippen molar-refractivity contribution < 1.29 is 23.9 Å². The van der Waals surface area contributed by atoms with Crippen molar-refractivity contribution in [3.8, 4) is 11.3 Å². The summed E-state index contributed by atoms with van der Waals surface area (Å²) < 4.78 is 4.75. The number of benzene rings is 2. The molecule has 4 rings (SSSR count). The van der Waals surface area contributed by atoms with Gasteiger partial charge >= 0.3 is 5.97 Å². The standard InChI is InChI=1S/C22H17N3O5S/c1-30-18(27)11-16-19(13-7-3-2-4-8-13)24-22(31-16)23-17(26)12-25-20(28)14-9-5-6-10-15(14)21(25)29/h2-10H,11-12H2,1H3,(H,23,24,26). The highest BCUT2D eigenvalue weighted by Gasteiger charge is 2.36. The fourth-order valence-electron chi connectivity index (χ4n) is 3.23. The van der Waals surface area contributed by atoms with E-state index in [1.165, 1.54) is 7.11 Å². The summed E-state index contributed by atoms with van der Waals surface area (Å²) in [6.45, 7) is -0.432. The van der Waals surface area contributed by atoms with Gasteiger partial charge in [-0.25, -0.2) is 4.98 Å². The Kier molecular flexibility index (Phi) is 5.59. The number of imide groups is 1. The number of carbonyl (C=O) groups is 4. The molecule has 31 heavy (non-hydrogen) atoms. The predicted octanol–water partition coefficient (Wildman–Crippen LogP) is 2.76. The van der Waals surface area contributed by atoms with Gasteiger partial charge in [0, 0.05) is 10.4 Å².